The summed E-state index contributed by atoms with van der Waals surface area (Å²) in [5.41, 5.74) is 0. The lowest BCUT2D eigenvalue weighted by atomic mass is 10.3. The van der Waals surface area contributed by atoms with Crippen molar-refractivity contribution >= 4 is 21.8 Å². The van der Waals surface area contributed by atoms with Crippen LogP contribution in [0.1, 0.15) is 26.7 Å². The Balaban J connectivity index is 0.000000791. The largest absolute Gasteiger partial charge is 0.370 e. The van der Waals surface area contributed by atoms with Gasteiger partial charge in [-0.1, -0.05) is 35.9 Å². The topological polar surface area (TPSA) is 49.3 Å². The van der Waals surface area contributed by atoms with E-state index in [0.717, 1.165) is 17.3 Å². The molecule has 4 heteroatoms. The first-order valence-electron chi connectivity index (χ1n) is 4.70. The van der Waals surface area contributed by atoms with Crippen molar-refractivity contribution in [3.8, 4) is 0 Å². The molecule has 0 spiro atoms. The van der Waals surface area contributed by atoms with Gasteiger partial charge in [-0.2, -0.15) is 0 Å². The molecule has 0 radical (unpaired) electrons. The van der Waals surface area contributed by atoms with Crippen LogP contribution < -0.4 is 5.32 Å². The normalized spacial score (nSPS) is 27.9. The molecule has 80 valence electrons. The van der Waals surface area contributed by atoms with Crippen LogP contribution in [0.2, 0.25) is 0 Å². The summed E-state index contributed by atoms with van der Waals surface area (Å²) < 4.78 is 0.846. The third-order valence-electron chi connectivity index (χ3n) is 1.45. The molecule has 0 aromatic heterocycles. The smallest absolute Gasteiger partial charge is 0.247 e. The maximum Gasteiger partial charge on any atom is 0.247 e. The van der Waals surface area contributed by atoms with Crippen LogP contribution in [0.4, 0.5) is 0 Å². The minimum atomic E-state index is -0.868. The SMILES string of the molecule is CC.O=C1/C=C(\Br)CC/C=C/C(O)N1. The summed E-state index contributed by atoms with van der Waals surface area (Å²) in [6, 6.07) is 0. The Morgan fingerprint density at radius 2 is 2.21 bits per heavy atom. The Labute approximate surface area is 93.0 Å². The highest BCUT2D eigenvalue weighted by molar-refractivity contribution is 9.11. The lowest BCUT2D eigenvalue weighted by molar-refractivity contribution is -0.118. The van der Waals surface area contributed by atoms with E-state index in [-0.39, 0.29) is 5.91 Å². The van der Waals surface area contributed by atoms with E-state index in [4.69, 9.17) is 5.11 Å². The number of nitrogens with one attached hydrogen (secondary N) is 1. The van der Waals surface area contributed by atoms with Gasteiger partial charge in [-0.05, 0) is 18.9 Å². The van der Waals surface area contributed by atoms with Crippen molar-refractivity contribution < 1.29 is 9.90 Å². The van der Waals surface area contributed by atoms with Gasteiger partial charge < -0.3 is 10.4 Å². The van der Waals surface area contributed by atoms with Crippen molar-refractivity contribution in [2.24, 2.45) is 0 Å². The van der Waals surface area contributed by atoms with Gasteiger partial charge in [0.25, 0.3) is 0 Å². The van der Waals surface area contributed by atoms with Crippen LogP contribution in [-0.2, 0) is 4.79 Å². The summed E-state index contributed by atoms with van der Waals surface area (Å²) in [6.45, 7) is 4.00. The van der Waals surface area contributed by atoms with E-state index in [2.05, 4.69) is 21.2 Å². The fraction of sp³-hybridized carbons (Fsp3) is 0.500. The molecular formula is C10H16BrNO2. The molecule has 0 saturated heterocycles. The summed E-state index contributed by atoms with van der Waals surface area (Å²) in [7, 11) is 0. The lowest BCUT2D eigenvalue weighted by Crippen LogP contribution is -2.31. The van der Waals surface area contributed by atoms with Crippen LogP contribution in [-0.4, -0.2) is 17.2 Å². The lowest BCUT2D eigenvalue weighted by Gasteiger charge is -2.04. The fourth-order valence-electron chi connectivity index (χ4n) is 0.896. The van der Waals surface area contributed by atoms with Gasteiger partial charge in [0, 0.05) is 10.6 Å². The monoisotopic (exact) mass is 261 g/mol. The first-order chi connectivity index (χ1) is 6.68. The zero-order chi connectivity index (χ0) is 11.0. The number of aliphatic hydroxyl groups excluding tert-OH is 1. The summed E-state index contributed by atoms with van der Waals surface area (Å²) in [5, 5.41) is 11.5. The summed E-state index contributed by atoms with van der Waals surface area (Å²) in [5.74, 6) is -0.277. The Bertz CT molecular complexity index is 236. The Hall–Kier alpha value is -0.610. The number of hydrogen-bond donors (Lipinski definition) is 2. The molecule has 2 N–H and O–H groups in total. The minimum Gasteiger partial charge on any atom is -0.370 e. The van der Waals surface area contributed by atoms with Gasteiger partial charge in [0.2, 0.25) is 5.91 Å². The predicted octanol–water partition coefficient (Wildman–Crippen LogP) is 2.08. The number of halogens is 1. The molecule has 1 heterocycles. The Morgan fingerprint density at radius 1 is 1.57 bits per heavy atom. The number of hydrogen-bond acceptors (Lipinski definition) is 2. The van der Waals surface area contributed by atoms with Gasteiger partial charge in [-0.15, -0.1) is 0 Å². The first kappa shape index (κ1) is 13.4. The van der Waals surface area contributed by atoms with Crippen LogP contribution in [0.25, 0.3) is 0 Å². The highest BCUT2D eigenvalue weighted by atomic mass is 79.9. The maximum absolute atomic E-state index is 11.0. The quantitative estimate of drug-likeness (QED) is 0.656. The van der Waals surface area contributed by atoms with E-state index in [1.165, 1.54) is 6.08 Å². The molecule has 3 nitrogen and oxygen atoms in total. The predicted molar refractivity (Wildman–Crippen MR) is 60.9 cm³/mol. The minimum absolute atomic E-state index is 0.277. The maximum atomic E-state index is 11.0. The van der Waals surface area contributed by atoms with E-state index >= 15 is 0 Å². The molecule has 1 unspecified atom stereocenters. The molecule has 0 saturated carbocycles. The molecule has 1 aliphatic rings. The van der Waals surface area contributed by atoms with E-state index in [0.29, 0.717) is 0 Å². The molecule has 0 aromatic rings. The number of carbonyl (C=O) groups is 1. The van der Waals surface area contributed by atoms with Crippen LogP contribution >= 0.6 is 15.9 Å². The Kier molecular flexibility index (Phi) is 7.42. The van der Waals surface area contributed by atoms with Crippen LogP contribution in [0.5, 0.6) is 0 Å². The molecule has 1 atom stereocenters. The van der Waals surface area contributed by atoms with Crippen molar-refractivity contribution in [3.63, 3.8) is 0 Å². The van der Waals surface area contributed by atoms with Crippen LogP contribution in [0, 0.1) is 0 Å². The van der Waals surface area contributed by atoms with Crippen molar-refractivity contribution in [3.05, 3.63) is 22.7 Å². The molecule has 1 amide bonds. The van der Waals surface area contributed by atoms with Crippen molar-refractivity contribution in [1.29, 1.82) is 0 Å². The average Bonchev–Trinajstić information content (AvgIpc) is 2.20. The molecule has 0 bridgehead atoms. The van der Waals surface area contributed by atoms with E-state index in [1.807, 2.05) is 19.9 Å². The molecule has 0 aliphatic carbocycles. The van der Waals surface area contributed by atoms with E-state index in [1.54, 1.807) is 6.08 Å². The van der Waals surface area contributed by atoms with Crippen LogP contribution in [0.3, 0.4) is 0 Å². The highest BCUT2D eigenvalue weighted by Crippen LogP contribution is 2.13. The molecule has 0 fully saturated rings. The van der Waals surface area contributed by atoms with Gasteiger partial charge in [-0.25, -0.2) is 0 Å². The molecule has 1 aliphatic heterocycles. The zero-order valence-corrected chi connectivity index (χ0v) is 10.0. The molecule has 1 rings (SSSR count). The number of rotatable bonds is 0. The summed E-state index contributed by atoms with van der Waals surface area (Å²) in [6.07, 6.45) is 5.59. The number of allylic oxidation sites excluding steroid dienone is 2. The molecule has 14 heavy (non-hydrogen) atoms. The molecule has 0 aromatic carbocycles. The van der Waals surface area contributed by atoms with Crippen molar-refractivity contribution in [2.45, 2.75) is 32.9 Å². The van der Waals surface area contributed by atoms with Gasteiger partial charge in [0.05, 0.1) is 0 Å². The zero-order valence-electron chi connectivity index (χ0n) is 8.46. The average molecular weight is 262 g/mol. The standard InChI is InChI=1S/C8H10BrNO2.C2H6/c9-6-3-1-2-4-7(11)10-8(12)5-6;1-2/h2,4-5,7,11H,1,3H2,(H,10,12);1-2H3/b4-2+,6-5-;. The van der Waals surface area contributed by atoms with Gasteiger partial charge >= 0.3 is 0 Å². The van der Waals surface area contributed by atoms with Crippen molar-refractivity contribution in [1.82, 2.24) is 5.32 Å². The summed E-state index contributed by atoms with van der Waals surface area (Å²) >= 11 is 3.25. The molecular weight excluding hydrogens is 246 g/mol. The first-order valence-corrected chi connectivity index (χ1v) is 5.49. The van der Waals surface area contributed by atoms with Crippen molar-refractivity contribution in [2.75, 3.05) is 0 Å². The number of carbonyl (C=O) groups excluding carboxylic acids is 1. The van der Waals surface area contributed by atoms with E-state index in [9.17, 15) is 4.79 Å². The van der Waals surface area contributed by atoms with Gasteiger partial charge in [-0.3, -0.25) is 4.79 Å². The van der Waals surface area contributed by atoms with Gasteiger partial charge in [0.15, 0.2) is 0 Å². The number of amides is 1. The highest BCUT2D eigenvalue weighted by Gasteiger charge is 2.05. The summed E-state index contributed by atoms with van der Waals surface area (Å²) in [4.78, 5) is 11.0. The van der Waals surface area contributed by atoms with Gasteiger partial charge in [0.1, 0.15) is 6.23 Å². The second-order valence-corrected chi connectivity index (χ2v) is 3.53. The second kappa shape index (κ2) is 7.76. The Morgan fingerprint density at radius 3 is 2.86 bits per heavy atom. The third kappa shape index (κ3) is 5.94. The van der Waals surface area contributed by atoms with E-state index < -0.39 is 6.23 Å². The number of aliphatic hydroxyl groups is 1. The second-order valence-electron chi connectivity index (χ2n) is 2.51. The fourth-order valence-corrected chi connectivity index (χ4v) is 1.33. The third-order valence-corrected chi connectivity index (χ3v) is 2.07. The van der Waals surface area contributed by atoms with Crippen LogP contribution in [0.15, 0.2) is 22.7 Å².